The zero-order chi connectivity index (χ0) is 11.1. The van der Waals surface area contributed by atoms with Gasteiger partial charge in [0, 0.05) is 13.0 Å². The normalized spacial score (nSPS) is 10.0. The molecule has 0 aromatic heterocycles. The summed E-state index contributed by atoms with van der Waals surface area (Å²) < 4.78 is 5.10. The molecule has 0 heterocycles. The number of Topliss-reactive ketones (excluding diaryl/α,β-unsaturated/α-hetero) is 1. The fraction of sp³-hybridized carbons (Fsp3) is 0.417. The lowest BCUT2D eigenvalue weighted by Crippen LogP contribution is -2.02. The molecule has 3 nitrogen and oxygen atoms in total. The summed E-state index contributed by atoms with van der Waals surface area (Å²) in [6.45, 7) is 0.138. The summed E-state index contributed by atoms with van der Waals surface area (Å²) in [4.78, 5) is 11.7. The molecule has 1 aromatic carbocycles. The first-order chi connectivity index (χ1) is 7.29. The number of hydrogen-bond donors (Lipinski definition) is 1. The Morgan fingerprint density at radius 3 is 2.73 bits per heavy atom. The van der Waals surface area contributed by atoms with E-state index in [-0.39, 0.29) is 12.4 Å². The lowest BCUT2D eigenvalue weighted by molar-refractivity contribution is 0.0974. The van der Waals surface area contributed by atoms with Crippen molar-refractivity contribution in [3.63, 3.8) is 0 Å². The topological polar surface area (TPSA) is 46.5 Å². The predicted molar refractivity (Wildman–Crippen MR) is 58.3 cm³/mol. The number of aliphatic hydroxyl groups excluding tert-OH is 1. The maximum Gasteiger partial charge on any atom is 0.166 e. The number of methoxy groups -OCH3 is 1. The van der Waals surface area contributed by atoms with Crippen molar-refractivity contribution in [3.05, 3.63) is 29.8 Å². The van der Waals surface area contributed by atoms with Crippen molar-refractivity contribution < 1.29 is 14.6 Å². The van der Waals surface area contributed by atoms with E-state index < -0.39 is 0 Å². The average molecular weight is 208 g/mol. The van der Waals surface area contributed by atoms with Crippen LogP contribution in [0.1, 0.15) is 29.6 Å². The van der Waals surface area contributed by atoms with E-state index in [0.717, 1.165) is 0 Å². The van der Waals surface area contributed by atoms with Crippen molar-refractivity contribution in [3.8, 4) is 5.75 Å². The highest BCUT2D eigenvalue weighted by atomic mass is 16.5. The maximum absolute atomic E-state index is 11.7. The third-order valence-electron chi connectivity index (χ3n) is 2.22. The number of para-hydroxylation sites is 1. The van der Waals surface area contributed by atoms with Gasteiger partial charge in [-0.05, 0) is 25.0 Å². The van der Waals surface area contributed by atoms with Crippen LogP contribution in [-0.2, 0) is 0 Å². The Balaban J connectivity index is 2.64. The van der Waals surface area contributed by atoms with E-state index in [0.29, 0.717) is 30.6 Å². The van der Waals surface area contributed by atoms with Gasteiger partial charge in [-0.2, -0.15) is 0 Å². The average Bonchev–Trinajstić information content (AvgIpc) is 2.29. The van der Waals surface area contributed by atoms with Crippen molar-refractivity contribution in [2.45, 2.75) is 19.3 Å². The second-order valence-corrected chi connectivity index (χ2v) is 3.30. The molecule has 0 saturated heterocycles. The summed E-state index contributed by atoms with van der Waals surface area (Å²) in [6, 6.07) is 7.20. The fourth-order valence-electron chi connectivity index (χ4n) is 1.41. The molecule has 1 aromatic rings. The van der Waals surface area contributed by atoms with Gasteiger partial charge in [-0.1, -0.05) is 12.1 Å². The van der Waals surface area contributed by atoms with Crippen molar-refractivity contribution in [1.29, 1.82) is 0 Å². The molecule has 1 N–H and O–H groups in total. The standard InChI is InChI=1S/C12H16O3/c1-15-12-8-3-2-6-10(12)11(14)7-4-5-9-13/h2-3,6,8,13H,4-5,7,9H2,1H3. The Labute approximate surface area is 89.7 Å². The third kappa shape index (κ3) is 3.36. The molecule has 0 amide bonds. The van der Waals surface area contributed by atoms with Crippen LogP contribution in [0.25, 0.3) is 0 Å². The Morgan fingerprint density at radius 1 is 1.33 bits per heavy atom. The molecule has 0 aliphatic carbocycles. The van der Waals surface area contributed by atoms with Gasteiger partial charge in [-0.3, -0.25) is 4.79 Å². The zero-order valence-electron chi connectivity index (χ0n) is 8.90. The third-order valence-corrected chi connectivity index (χ3v) is 2.22. The number of rotatable bonds is 6. The Morgan fingerprint density at radius 2 is 2.07 bits per heavy atom. The Hall–Kier alpha value is -1.35. The van der Waals surface area contributed by atoms with Gasteiger partial charge in [0.2, 0.25) is 0 Å². The summed E-state index contributed by atoms with van der Waals surface area (Å²) in [6.07, 6.45) is 1.84. The van der Waals surface area contributed by atoms with Crippen LogP contribution in [0.2, 0.25) is 0 Å². The number of hydrogen-bond acceptors (Lipinski definition) is 3. The van der Waals surface area contributed by atoms with E-state index in [1.807, 2.05) is 12.1 Å². The van der Waals surface area contributed by atoms with Crippen LogP contribution in [0.3, 0.4) is 0 Å². The number of benzene rings is 1. The van der Waals surface area contributed by atoms with Gasteiger partial charge in [0.1, 0.15) is 5.75 Å². The van der Waals surface area contributed by atoms with E-state index >= 15 is 0 Å². The van der Waals surface area contributed by atoms with Crippen LogP contribution in [0.5, 0.6) is 5.75 Å². The monoisotopic (exact) mass is 208 g/mol. The molecule has 0 spiro atoms. The first-order valence-corrected chi connectivity index (χ1v) is 5.06. The van der Waals surface area contributed by atoms with Crippen molar-refractivity contribution >= 4 is 5.78 Å². The predicted octanol–water partition coefficient (Wildman–Crippen LogP) is 2.04. The van der Waals surface area contributed by atoms with Gasteiger partial charge >= 0.3 is 0 Å². The van der Waals surface area contributed by atoms with Crippen LogP contribution < -0.4 is 4.74 Å². The van der Waals surface area contributed by atoms with Gasteiger partial charge < -0.3 is 9.84 Å². The minimum Gasteiger partial charge on any atom is -0.496 e. The second kappa shape index (κ2) is 6.19. The second-order valence-electron chi connectivity index (χ2n) is 3.30. The number of ketones is 1. The first-order valence-electron chi connectivity index (χ1n) is 5.06. The largest absolute Gasteiger partial charge is 0.496 e. The smallest absolute Gasteiger partial charge is 0.166 e. The Kier molecular flexibility index (Phi) is 4.84. The van der Waals surface area contributed by atoms with E-state index in [4.69, 9.17) is 9.84 Å². The van der Waals surface area contributed by atoms with Gasteiger partial charge in [0.15, 0.2) is 5.78 Å². The molecule has 0 saturated carbocycles. The minimum absolute atomic E-state index is 0.0703. The molecule has 0 unspecified atom stereocenters. The molecule has 82 valence electrons. The number of carbonyl (C=O) groups excluding carboxylic acids is 1. The molecule has 0 aliphatic heterocycles. The molecular formula is C12H16O3. The van der Waals surface area contributed by atoms with Gasteiger partial charge in [0.25, 0.3) is 0 Å². The van der Waals surface area contributed by atoms with Crippen LogP contribution >= 0.6 is 0 Å². The highest BCUT2D eigenvalue weighted by molar-refractivity contribution is 5.98. The van der Waals surface area contributed by atoms with Crippen LogP contribution in [0.4, 0.5) is 0 Å². The van der Waals surface area contributed by atoms with Crippen LogP contribution in [-0.4, -0.2) is 24.6 Å². The first kappa shape index (κ1) is 11.7. The molecular weight excluding hydrogens is 192 g/mol. The highest BCUT2D eigenvalue weighted by Gasteiger charge is 2.10. The molecule has 3 heteroatoms. The molecule has 0 fully saturated rings. The summed E-state index contributed by atoms with van der Waals surface area (Å²) >= 11 is 0. The SMILES string of the molecule is COc1ccccc1C(=O)CCCCO. The van der Waals surface area contributed by atoms with Crippen LogP contribution in [0.15, 0.2) is 24.3 Å². The lowest BCUT2D eigenvalue weighted by Gasteiger charge is -2.06. The van der Waals surface area contributed by atoms with Crippen molar-refractivity contribution in [2.75, 3.05) is 13.7 Å². The van der Waals surface area contributed by atoms with Crippen molar-refractivity contribution in [2.24, 2.45) is 0 Å². The summed E-state index contributed by atoms with van der Waals surface area (Å²) in [7, 11) is 1.56. The molecule has 0 atom stereocenters. The van der Waals surface area contributed by atoms with Gasteiger partial charge in [-0.25, -0.2) is 0 Å². The van der Waals surface area contributed by atoms with Gasteiger partial charge in [-0.15, -0.1) is 0 Å². The number of aliphatic hydroxyl groups is 1. The van der Waals surface area contributed by atoms with Gasteiger partial charge in [0.05, 0.1) is 12.7 Å². The van der Waals surface area contributed by atoms with E-state index in [1.54, 1.807) is 19.2 Å². The Bertz CT molecular complexity index is 320. The lowest BCUT2D eigenvalue weighted by atomic mass is 10.0. The minimum atomic E-state index is 0.0703. The molecule has 15 heavy (non-hydrogen) atoms. The molecule has 0 aliphatic rings. The van der Waals surface area contributed by atoms with Crippen molar-refractivity contribution in [1.82, 2.24) is 0 Å². The van der Waals surface area contributed by atoms with E-state index in [2.05, 4.69) is 0 Å². The number of carbonyl (C=O) groups is 1. The summed E-state index contributed by atoms with van der Waals surface area (Å²) in [5.41, 5.74) is 0.623. The molecule has 1 rings (SSSR count). The zero-order valence-corrected chi connectivity index (χ0v) is 8.90. The molecule has 0 radical (unpaired) electrons. The summed E-state index contributed by atoms with van der Waals surface area (Å²) in [5, 5.41) is 8.61. The number of unbranched alkanes of at least 4 members (excludes halogenated alkanes) is 1. The number of ether oxygens (including phenoxy) is 1. The maximum atomic E-state index is 11.7. The fourth-order valence-corrected chi connectivity index (χ4v) is 1.41. The van der Waals surface area contributed by atoms with Crippen LogP contribution in [0, 0.1) is 0 Å². The summed E-state index contributed by atoms with van der Waals surface area (Å²) in [5.74, 6) is 0.687. The van der Waals surface area contributed by atoms with E-state index in [1.165, 1.54) is 0 Å². The van der Waals surface area contributed by atoms with E-state index in [9.17, 15) is 4.79 Å². The molecule has 0 bridgehead atoms. The highest BCUT2D eigenvalue weighted by Crippen LogP contribution is 2.19. The quantitative estimate of drug-likeness (QED) is 0.575.